The van der Waals surface area contributed by atoms with Crippen molar-refractivity contribution in [3.63, 3.8) is 0 Å². The van der Waals surface area contributed by atoms with E-state index >= 15 is 0 Å². The maximum atomic E-state index is 13.6. The summed E-state index contributed by atoms with van der Waals surface area (Å²) in [6.45, 7) is 0. The summed E-state index contributed by atoms with van der Waals surface area (Å²) in [7, 11) is -4.39. The third-order valence-corrected chi connectivity index (χ3v) is 5.59. The van der Waals surface area contributed by atoms with E-state index in [-0.39, 0.29) is 10.3 Å². The number of hydrogen-bond acceptors (Lipinski definition) is 4. The van der Waals surface area contributed by atoms with Gasteiger partial charge in [-0.2, -0.15) is 0 Å². The first-order valence-corrected chi connectivity index (χ1v) is 8.78. The Hall–Kier alpha value is -2.39. The highest BCUT2D eigenvalue weighted by molar-refractivity contribution is 7.90. The topological polar surface area (TPSA) is 63.2 Å². The minimum absolute atomic E-state index is 0.0266. The van der Waals surface area contributed by atoms with Crippen LogP contribution in [0.3, 0.4) is 0 Å². The molecule has 3 rings (SSSR count). The summed E-state index contributed by atoms with van der Waals surface area (Å²) in [6.07, 6.45) is 0. The molecule has 4 nitrogen and oxygen atoms in total. The molecular formula is C15H8F3NO3S2. The number of fused-ring (bicyclic) bond motifs is 1. The van der Waals surface area contributed by atoms with Gasteiger partial charge in [0, 0.05) is 10.1 Å². The SMILES string of the molecule is O=C(NS(=O)(=O)c1ccc(F)c(F)c1)c1cc2c(F)cccc2s1. The third kappa shape index (κ3) is 3.00. The van der Waals surface area contributed by atoms with Crippen molar-refractivity contribution in [2.75, 3.05) is 0 Å². The zero-order valence-corrected chi connectivity index (χ0v) is 13.3. The molecule has 0 aliphatic heterocycles. The Morgan fingerprint density at radius 2 is 1.71 bits per heavy atom. The molecule has 0 fully saturated rings. The van der Waals surface area contributed by atoms with E-state index in [1.807, 2.05) is 0 Å². The fourth-order valence-electron chi connectivity index (χ4n) is 2.01. The van der Waals surface area contributed by atoms with Gasteiger partial charge < -0.3 is 0 Å². The summed E-state index contributed by atoms with van der Waals surface area (Å²) in [5, 5.41) is 0.192. The molecule has 3 aromatic rings. The molecule has 24 heavy (non-hydrogen) atoms. The second-order valence-electron chi connectivity index (χ2n) is 4.77. The number of carbonyl (C=O) groups is 1. The molecule has 0 radical (unpaired) electrons. The third-order valence-electron chi connectivity index (χ3n) is 3.16. The molecule has 0 saturated heterocycles. The lowest BCUT2D eigenvalue weighted by Gasteiger charge is -2.06. The van der Waals surface area contributed by atoms with Crippen LogP contribution in [0.1, 0.15) is 9.67 Å². The van der Waals surface area contributed by atoms with E-state index in [0.717, 1.165) is 17.4 Å². The molecule has 2 aromatic carbocycles. The molecule has 9 heteroatoms. The molecule has 0 spiro atoms. The second-order valence-corrected chi connectivity index (χ2v) is 7.54. The minimum Gasteiger partial charge on any atom is -0.267 e. The Bertz CT molecular complexity index is 1060. The first kappa shape index (κ1) is 16.5. The highest BCUT2D eigenvalue weighted by Crippen LogP contribution is 2.27. The van der Waals surface area contributed by atoms with Gasteiger partial charge >= 0.3 is 0 Å². The summed E-state index contributed by atoms with van der Waals surface area (Å²) in [5.41, 5.74) is 0. The van der Waals surface area contributed by atoms with Gasteiger partial charge in [-0.3, -0.25) is 4.79 Å². The maximum Gasteiger partial charge on any atom is 0.275 e. The van der Waals surface area contributed by atoms with Crippen LogP contribution in [0.25, 0.3) is 10.1 Å². The average Bonchev–Trinajstić information content (AvgIpc) is 2.95. The van der Waals surface area contributed by atoms with Gasteiger partial charge in [0.05, 0.1) is 9.77 Å². The van der Waals surface area contributed by atoms with E-state index in [1.165, 1.54) is 18.2 Å². The van der Waals surface area contributed by atoms with Crippen molar-refractivity contribution in [3.8, 4) is 0 Å². The molecule has 0 bridgehead atoms. The second kappa shape index (κ2) is 5.91. The lowest BCUT2D eigenvalue weighted by molar-refractivity contribution is 0.0985. The number of thiophene rings is 1. The lowest BCUT2D eigenvalue weighted by Crippen LogP contribution is -2.30. The molecule has 124 valence electrons. The molecule has 1 heterocycles. The van der Waals surface area contributed by atoms with E-state index in [4.69, 9.17) is 0 Å². The van der Waals surface area contributed by atoms with Crippen LogP contribution in [0.2, 0.25) is 0 Å². The lowest BCUT2D eigenvalue weighted by atomic mass is 10.2. The van der Waals surface area contributed by atoms with Crippen LogP contribution in [0.5, 0.6) is 0 Å². The molecule has 1 amide bonds. The standard InChI is InChI=1S/C15H8F3NO3S2/c16-10-2-1-3-13-9(10)7-14(23-13)15(20)19-24(21,22)8-4-5-11(17)12(18)6-8/h1-7H,(H,19,20). The minimum atomic E-state index is -4.39. The highest BCUT2D eigenvalue weighted by Gasteiger charge is 2.22. The summed E-state index contributed by atoms with van der Waals surface area (Å²) in [4.78, 5) is 11.5. The number of sulfonamides is 1. The predicted molar refractivity (Wildman–Crippen MR) is 82.8 cm³/mol. The number of rotatable bonds is 3. The smallest absolute Gasteiger partial charge is 0.267 e. The van der Waals surface area contributed by atoms with Gasteiger partial charge in [-0.1, -0.05) is 6.07 Å². The van der Waals surface area contributed by atoms with Gasteiger partial charge in [0.25, 0.3) is 15.9 Å². The number of nitrogens with one attached hydrogen (secondary N) is 1. The number of amides is 1. The first-order valence-electron chi connectivity index (χ1n) is 6.48. The van der Waals surface area contributed by atoms with Gasteiger partial charge in [0.2, 0.25) is 0 Å². The van der Waals surface area contributed by atoms with Crippen LogP contribution in [-0.4, -0.2) is 14.3 Å². The van der Waals surface area contributed by atoms with Crippen molar-refractivity contribution < 1.29 is 26.4 Å². The Kier molecular flexibility index (Phi) is 4.06. The molecule has 0 unspecified atom stereocenters. The number of hydrogen-bond donors (Lipinski definition) is 1. The Labute approximate surface area is 138 Å². The van der Waals surface area contributed by atoms with E-state index in [1.54, 1.807) is 10.8 Å². The van der Waals surface area contributed by atoms with Gasteiger partial charge in [-0.15, -0.1) is 11.3 Å². The number of halogens is 3. The van der Waals surface area contributed by atoms with E-state index in [9.17, 15) is 26.4 Å². The Balaban J connectivity index is 1.92. The summed E-state index contributed by atoms with van der Waals surface area (Å²) >= 11 is 0.910. The maximum absolute atomic E-state index is 13.6. The van der Waals surface area contributed by atoms with Crippen LogP contribution in [0, 0.1) is 17.5 Å². The van der Waals surface area contributed by atoms with Gasteiger partial charge in [-0.25, -0.2) is 26.3 Å². The summed E-state index contributed by atoms with van der Waals surface area (Å²) in [5.74, 6) is -4.08. The van der Waals surface area contributed by atoms with Crippen LogP contribution in [0.15, 0.2) is 47.4 Å². The van der Waals surface area contributed by atoms with Crippen molar-refractivity contribution in [2.24, 2.45) is 0 Å². The first-order chi connectivity index (χ1) is 11.3. The molecule has 1 N–H and O–H groups in total. The molecule has 0 aliphatic carbocycles. The predicted octanol–water partition coefficient (Wildman–Crippen LogP) is 3.44. The van der Waals surface area contributed by atoms with Crippen molar-refractivity contribution >= 4 is 37.4 Å². The zero-order chi connectivity index (χ0) is 17.5. The van der Waals surface area contributed by atoms with Gasteiger partial charge in [0.15, 0.2) is 11.6 Å². The van der Waals surface area contributed by atoms with Crippen molar-refractivity contribution in [1.82, 2.24) is 4.72 Å². The highest BCUT2D eigenvalue weighted by atomic mass is 32.2. The van der Waals surface area contributed by atoms with Crippen LogP contribution in [0.4, 0.5) is 13.2 Å². The monoisotopic (exact) mass is 371 g/mol. The van der Waals surface area contributed by atoms with E-state index in [0.29, 0.717) is 16.8 Å². The number of benzene rings is 2. The van der Waals surface area contributed by atoms with Crippen LogP contribution < -0.4 is 4.72 Å². The molecule has 0 atom stereocenters. The van der Waals surface area contributed by atoms with Crippen molar-refractivity contribution in [3.05, 3.63) is 64.8 Å². The van der Waals surface area contributed by atoms with Crippen LogP contribution >= 0.6 is 11.3 Å². The average molecular weight is 371 g/mol. The summed E-state index contributed by atoms with van der Waals surface area (Å²) < 4.78 is 66.0. The molecule has 0 saturated carbocycles. The largest absolute Gasteiger partial charge is 0.275 e. The van der Waals surface area contributed by atoms with Crippen molar-refractivity contribution in [1.29, 1.82) is 0 Å². The van der Waals surface area contributed by atoms with Crippen molar-refractivity contribution in [2.45, 2.75) is 4.90 Å². The molecule has 1 aromatic heterocycles. The normalized spacial score (nSPS) is 11.6. The van der Waals surface area contributed by atoms with E-state index < -0.39 is 38.3 Å². The zero-order valence-electron chi connectivity index (χ0n) is 11.7. The van der Waals surface area contributed by atoms with Gasteiger partial charge in [-0.05, 0) is 36.4 Å². The number of carbonyl (C=O) groups excluding carboxylic acids is 1. The Morgan fingerprint density at radius 1 is 0.958 bits per heavy atom. The summed E-state index contributed by atoms with van der Waals surface area (Å²) in [6, 6.07) is 7.44. The van der Waals surface area contributed by atoms with Crippen LogP contribution in [-0.2, 0) is 10.0 Å². The molecule has 0 aliphatic rings. The van der Waals surface area contributed by atoms with Gasteiger partial charge in [0.1, 0.15) is 5.82 Å². The fraction of sp³-hybridized carbons (Fsp3) is 0. The Morgan fingerprint density at radius 3 is 2.38 bits per heavy atom. The van der Waals surface area contributed by atoms with E-state index in [2.05, 4.69) is 0 Å². The quantitative estimate of drug-likeness (QED) is 0.767. The molecular weight excluding hydrogens is 363 g/mol. The fourth-order valence-corrected chi connectivity index (χ4v) is 4.03.